The molecule has 0 aliphatic rings. The lowest BCUT2D eigenvalue weighted by atomic mass is 10.1. The molecular formula is C14H10ClF3N2O2S. The van der Waals surface area contributed by atoms with Gasteiger partial charge in [-0.25, -0.2) is 4.83 Å². The molecule has 0 aromatic heterocycles. The average molecular weight is 363 g/mol. The van der Waals surface area contributed by atoms with Crippen LogP contribution in [-0.2, 0) is 16.2 Å². The van der Waals surface area contributed by atoms with Crippen molar-refractivity contribution in [1.29, 1.82) is 0 Å². The minimum absolute atomic E-state index is 0.108. The monoisotopic (exact) mass is 362 g/mol. The van der Waals surface area contributed by atoms with Crippen LogP contribution >= 0.6 is 11.6 Å². The smallest absolute Gasteiger partial charge is 0.200 e. The summed E-state index contributed by atoms with van der Waals surface area (Å²) in [7, 11) is -3.98. The van der Waals surface area contributed by atoms with Crippen LogP contribution in [0.25, 0.3) is 0 Å². The van der Waals surface area contributed by atoms with Gasteiger partial charge in [-0.05, 0) is 30.3 Å². The van der Waals surface area contributed by atoms with E-state index in [1.54, 1.807) is 0 Å². The predicted molar refractivity (Wildman–Crippen MR) is 80.8 cm³/mol. The lowest BCUT2D eigenvalue weighted by molar-refractivity contribution is -0.137. The van der Waals surface area contributed by atoms with Crippen LogP contribution in [0, 0.1) is 0 Å². The van der Waals surface area contributed by atoms with Crippen molar-refractivity contribution in [3.05, 3.63) is 64.7 Å². The molecule has 9 heteroatoms. The summed E-state index contributed by atoms with van der Waals surface area (Å²) in [6, 6.07) is 9.95. The van der Waals surface area contributed by atoms with E-state index >= 15 is 0 Å². The molecule has 2 aromatic carbocycles. The first-order valence-electron chi connectivity index (χ1n) is 6.17. The van der Waals surface area contributed by atoms with Crippen LogP contribution < -0.4 is 4.83 Å². The fourth-order valence-corrected chi connectivity index (χ4v) is 2.62. The number of alkyl halides is 3. The van der Waals surface area contributed by atoms with Crippen LogP contribution in [0.15, 0.2) is 58.5 Å². The van der Waals surface area contributed by atoms with Gasteiger partial charge in [-0.2, -0.15) is 26.7 Å². The second kappa shape index (κ2) is 6.59. The van der Waals surface area contributed by atoms with Gasteiger partial charge < -0.3 is 0 Å². The van der Waals surface area contributed by atoms with E-state index in [1.807, 2.05) is 4.83 Å². The summed E-state index contributed by atoms with van der Waals surface area (Å²) in [6.45, 7) is 0. The van der Waals surface area contributed by atoms with E-state index in [9.17, 15) is 21.6 Å². The summed E-state index contributed by atoms with van der Waals surface area (Å²) in [4.78, 5) is 1.74. The molecule has 122 valence electrons. The molecule has 0 radical (unpaired) electrons. The van der Waals surface area contributed by atoms with Gasteiger partial charge >= 0.3 is 6.18 Å². The van der Waals surface area contributed by atoms with Gasteiger partial charge in [-0.1, -0.05) is 29.8 Å². The van der Waals surface area contributed by atoms with E-state index in [-0.39, 0.29) is 10.5 Å². The number of benzene rings is 2. The van der Waals surface area contributed by atoms with Crippen molar-refractivity contribution in [3.8, 4) is 0 Å². The van der Waals surface area contributed by atoms with Crippen LogP contribution in [0.3, 0.4) is 0 Å². The van der Waals surface area contributed by atoms with Crippen molar-refractivity contribution in [2.75, 3.05) is 0 Å². The molecule has 0 saturated carbocycles. The Hall–Kier alpha value is -2.06. The van der Waals surface area contributed by atoms with Gasteiger partial charge in [0.2, 0.25) is 0 Å². The molecule has 0 aliphatic heterocycles. The lowest BCUT2D eigenvalue weighted by Crippen LogP contribution is -2.18. The molecule has 0 fully saturated rings. The highest BCUT2D eigenvalue weighted by atomic mass is 35.5. The number of sulfonamides is 1. The number of rotatable bonds is 4. The van der Waals surface area contributed by atoms with Crippen molar-refractivity contribution in [3.63, 3.8) is 0 Å². The molecule has 0 amide bonds. The first-order chi connectivity index (χ1) is 10.7. The Bertz CT molecular complexity index is 819. The van der Waals surface area contributed by atoms with Crippen LogP contribution in [0.4, 0.5) is 13.2 Å². The number of hydrogen-bond acceptors (Lipinski definition) is 3. The quantitative estimate of drug-likeness (QED) is 0.666. The molecule has 0 unspecified atom stereocenters. The maximum absolute atomic E-state index is 12.8. The fraction of sp³-hybridized carbons (Fsp3) is 0.0714. The lowest BCUT2D eigenvalue weighted by Gasteiger charge is -2.09. The van der Waals surface area contributed by atoms with Gasteiger partial charge in [0.05, 0.1) is 16.7 Å². The van der Waals surface area contributed by atoms with Gasteiger partial charge in [0.1, 0.15) is 0 Å². The number of halogens is 4. The van der Waals surface area contributed by atoms with E-state index in [2.05, 4.69) is 5.10 Å². The van der Waals surface area contributed by atoms with Crippen molar-refractivity contribution in [2.45, 2.75) is 11.1 Å². The maximum Gasteiger partial charge on any atom is 0.417 e. The average Bonchev–Trinajstić information content (AvgIpc) is 2.47. The molecule has 0 atom stereocenters. The zero-order valence-electron chi connectivity index (χ0n) is 11.4. The van der Waals surface area contributed by atoms with E-state index in [1.165, 1.54) is 42.5 Å². The minimum Gasteiger partial charge on any atom is -0.200 e. The van der Waals surface area contributed by atoms with Gasteiger partial charge in [0, 0.05) is 10.6 Å². The summed E-state index contributed by atoms with van der Waals surface area (Å²) >= 11 is 5.65. The Labute approximate surface area is 135 Å². The zero-order valence-corrected chi connectivity index (χ0v) is 13.0. The molecule has 1 N–H and O–H groups in total. The second-order valence-electron chi connectivity index (χ2n) is 4.39. The third kappa shape index (κ3) is 4.46. The number of nitrogens with one attached hydrogen (secondary N) is 1. The summed E-state index contributed by atoms with van der Waals surface area (Å²) in [5.41, 5.74) is -1.16. The molecule has 23 heavy (non-hydrogen) atoms. The molecular weight excluding hydrogens is 353 g/mol. The Morgan fingerprint density at radius 2 is 1.65 bits per heavy atom. The van der Waals surface area contributed by atoms with Crippen LogP contribution in [0.2, 0.25) is 5.02 Å². The highest BCUT2D eigenvalue weighted by Gasteiger charge is 2.32. The van der Waals surface area contributed by atoms with Crippen molar-refractivity contribution >= 4 is 27.8 Å². The largest absolute Gasteiger partial charge is 0.417 e. The number of nitrogens with zero attached hydrogens (tertiary/aromatic N) is 1. The third-order valence-corrected chi connectivity index (χ3v) is 4.26. The third-order valence-electron chi connectivity index (χ3n) is 2.77. The van der Waals surface area contributed by atoms with E-state index < -0.39 is 21.8 Å². The summed E-state index contributed by atoms with van der Waals surface area (Å²) in [5, 5.41) is 3.74. The second-order valence-corrected chi connectivity index (χ2v) is 6.49. The normalized spacial score (nSPS) is 12.5. The SMILES string of the molecule is O=S(=O)(N/N=C/c1ccccc1C(F)(F)F)c1ccc(Cl)cc1. The molecule has 0 spiro atoms. The standard InChI is InChI=1S/C14H10ClF3N2O2S/c15-11-5-7-12(8-6-11)23(21,22)20-19-9-10-3-1-2-4-13(10)14(16,17)18/h1-9,20H/b19-9+. The topological polar surface area (TPSA) is 58.5 Å². The van der Waals surface area contributed by atoms with Gasteiger partial charge in [-0.15, -0.1) is 0 Å². The van der Waals surface area contributed by atoms with Crippen molar-refractivity contribution in [1.82, 2.24) is 4.83 Å². The fourth-order valence-electron chi connectivity index (χ4n) is 1.70. The summed E-state index contributed by atoms with van der Waals surface area (Å²) in [6.07, 6.45) is -3.76. The van der Waals surface area contributed by atoms with Crippen LogP contribution in [0.5, 0.6) is 0 Å². The van der Waals surface area contributed by atoms with Gasteiger partial charge in [0.15, 0.2) is 0 Å². The molecule has 4 nitrogen and oxygen atoms in total. The highest BCUT2D eigenvalue weighted by molar-refractivity contribution is 7.89. The van der Waals surface area contributed by atoms with Crippen molar-refractivity contribution < 1.29 is 21.6 Å². The Kier molecular flexibility index (Phi) is 4.96. The Balaban J connectivity index is 2.21. The van der Waals surface area contributed by atoms with Crippen LogP contribution in [-0.4, -0.2) is 14.6 Å². The molecule has 2 aromatic rings. The summed E-state index contributed by atoms with van der Waals surface area (Å²) < 4.78 is 62.2. The molecule has 0 aliphatic carbocycles. The molecule has 0 bridgehead atoms. The maximum atomic E-state index is 12.8. The van der Waals surface area contributed by atoms with Crippen molar-refractivity contribution in [2.24, 2.45) is 5.10 Å². The van der Waals surface area contributed by atoms with E-state index in [0.717, 1.165) is 12.3 Å². The van der Waals surface area contributed by atoms with Gasteiger partial charge in [0.25, 0.3) is 10.0 Å². The highest BCUT2D eigenvalue weighted by Crippen LogP contribution is 2.31. The zero-order chi connectivity index (χ0) is 17.1. The molecule has 2 rings (SSSR count). The number of hydrogen-bond donors (Lipinski definition) is 1. The first kappa shape index (κ1) is 17.3. The molecule has 0 saturated heterocycles. The van der Waals surface area contributed by atoms with Crippen LogP contribution in [0.1, 0.15) is 11.1 Å². The minimum atomic E-state index is -4.56. The predicted octanol–water partition coefficient (Wildman–Crippen LogP) is 3.67. The van der Waals surface area contributed by atoms with E-state index in [0.29, 0.717) is 5.02 Å². The van der Waals surface area contributed by atoms with Gasteiger partial charge in [-0.3, -0.25) is 0 Å². The number of hydrazone groups is 1. The Morgan fingerprint density at radius 3 is 2.26 bits per heavy atom. The molecule has 0 heterocycles. The first-order valence-corrected chi connectivity index (χ1v) is 8.03. The van der Waals surface area contributed by atoms with E-state index in [4.69, 9.17) is 11.6 Å². The summed E-state index contributed by atoms with van der Waals surface area (Å²) in [5.74, 6) is 0. The Morgan fingerprint density at radius 1 is 1.04 bits per heavy atom.